The van der Waals surface area contributed by atoms with Crippen LogP contribution in [0.25, 0.3) is 0 Å². The number of benzene rings is 1. The number of nitrogens with zero attached hydrogens (tertiary/aromatic N) is 3. The number of nitrogens with two attached hydrogens (primary N) is 1. The Morgan fingerprint density at radius 1 is 1.33 bits per heavy atom. The molecule has 1 amide bonds. The zero-order valence-electron chi connectivity index (χ0n) is 11.9. The standard InChI is InChI=1S/C16H20N4O/c17-16(21)15(13-6-2-1-3-7-13)20-11-4-8-14(20)12-19-10-5-9-18-19/h1-3,5-7,9-10,14-15H,4,8,11-12H2,(H2,17,21)/t14-,15+/m1/s1. The fourth-order valence-electron chi connectivity index (χ4n) is 3.17. The van der Waals surface area contributed by atoms with Gasteiger partial charge in [-0.25, -0.2) is 0 Å². The lowest BCUT2D eigenvalue weighted by Gasteiger charge is -2.31. The van der Waals surface area contributed by atoms with E-state index < -0.39 is 0 Å². The van der Waals surface area contributed by atoms with Crippen LogP contribution in [0.1, 0.15) is 24.4 Å². The van der Waals surface area contributed by atoms with Crippen molar-refractivity contribution in [2.24, 2.45) is 5.73 Å². The van der Waals surface area contributed by atoms with E-state index in [0.717, 1.165) is 31.5 Å². The van der Waals surface area contributed by atoms with Crippen molar-refractivity contribution in [3.63, 3.8) is 0 Å². The van der Waals surface area contributed by atoms with Crippen molar-refractivity contribution in [2.45, 2.75) is 31.5 Å². The number of hydrogen-bond acceptors (Lipinski definition) is 3. The Balaban J connectivity index is 1.83. The van der Waals surface area contributed by atoms with E-state index in [2.05, 4.69) is 10.00 Å². The average Bonchev–Trinajstić information content (AvgIpc) is 3.13. The molecule has 0 radical (unpaired) electrons. The summed E-state index contributed by atoms with van der Waals surface area (Å²) < 4.78 is 1.92. The first kappa shape index (κ1) is 13.8. The van der Waals surface area contributed by atoms with Crippen molar-refractivity contribution >= 4 is 5.91 Å². The first-order chi connectivity index (χ1) is 10.3. The number of primary amides is 1. The van der Waals surface area contributed by atoms with Crippen molar-refractivity contribution in [1.82, 2.24) is 14.7 Å². The minimum atomic E-state index is -0.353. The number of hydrogen-bond donors (Lipinski definition) is 1. The molecule has 2 N–H and O–H groups in total. The Morgan fingerprint density at radius 2 is 2.14 bits per heavy atom. The van der Waals surface area contributed by atoms with E-state index in [0.29, 0.717) is 6.04 Å². The number of aromatic nitrogens is 2. The third-order valence-electron chi connectivity index (χ3n) is 4.10. The maximum atomic E-state index is 12.0. The molecule has 1 aromatic carbocycles. The number of rotatable bonds is 5. The van der Waals surface area contributed by atoms with Gasteiger partial charge in [-0.2, -0.15) is 5.10 Å². The fraction of sp³-hybridized carbons (Fsp3) is 0.375. The Bertz CT molecular complexity index is 582. The highest BCUT2D eigenvalue weighted by Crippen LogP contribution is 2.30. The maximum Gasteiger partial charge on any atom is 0.239 e. The number of amides is 1. The van der Waals surface area contributed by atoms with Gasteiger partial charge in [-0.3, -0.25) is 14.4 Å². The second-order valence-corrected chi connectivity index (χ2v) is 5.48. The van der Waals surface area contributed by atoms with Gasteiger partial charge in [-0.15, -0.1) is 0 Å². The second-order valence-electron chi connectivity index (χ2n) is 5.48. The van der Waals surface area contributed by atoms with E-state index in [1.807, 2.05) is 47.3 Å². The summed E-state index contributed by atoms with van der Waals surface area (Å²) >= 11 is 0. The van der Waals surface area contributed by atoms with Crippen molar-refractivity contribution in [1.29, 1.82) is 0 Å². The molecule has 5 heteroatoms. The van der Waals surface area contributed by atoms with E-state index in [4.69, 9.17) is 5.73 Å². The van der Waals surface area contributed by atoms with E-state index in [-0.39, 0.29) is 11.9 Å². The molecule has 2 atom stereocenters. The minimum absolute atomic E-state index is 0.284. The van der Waals surface area contributed by atoms with Crippen LogP contribution in [0.4, 0.5) is 0 Å². The lowest BCUT2D eigenvalue weighted by Crippen LogP contribution is -2.42. The summed E-state index contributed by atoms with van der Waals surface area (Å²) in [6, 6.07) is 11.6. The van der Waals surface area contributed by atoms with Crippen LogP contribution >= 0.6 is 0 Å². The summed E-state index contributed by atoms with van der Waals surface area (Å²) in [6.45, 7) is 1.69. The molecule has 0 saturated carbocycles. The first-order valence-electron chi connectivity index (χ1n) is 7.33. The summed E-state index contributed by atoms with van der Waals surface area (Å²) in [5.74, 6) is -0.284. The first-order valence-corrected chi connectivity index (χ1v) is 7.33. The van der Waals surface area contributed by atoms with E-state index in [1.54, 1.807) is 6.20 Å². The molecule has 2 heterocycles. The van der Waals surface area contributed by atoms with Crippen molar-refractivity contribution < 1.29 is 4.79 Å². The Morgan fingerprint density at radius 3 is 2.81 bits per heavy atom. The van der Waals surface area contributed by atoms with Crippen LogP contribution in [0.5, 0.6) is 0 Å². The maximum absolute atomic E-state index is 12.0. The number of carbonyl (C=O) groups excluding carboxylic acids is 1. The molecular weight excluding hydrogens is 264 g/mol. The molecule has 5 nitrogen and oxygen atoms in total. The molecule has 1 fully saturated rings. The van der Waals surface area contributed by atoms with Gasteiger partial charge in [0.15, 0.2) is 0 Å². The SMILES string of the molecule is NC(=O)[C@H](c1ccccc1)N1CCC[C@@H]1Cn1cccn1. The van der Waals surface area contributed by atoms with Gasteiger partial charge in [0.1, 0.15) is 6.04 Å². The molecule has 1 aromatic heterocycles. The number of likely N-dealkylation sites (tertiary alicyclic amines) is 1. The van der Waals surface area contributed by atoms with Gasteiger partial charge in [-0.1, -0.05) is 30.3 Å². The quantitative estimate of drug-likeness (QED) is 0.906. The van der Waals surface area contributed by atoms with Gasteiger partial charge in [0.05, 0.1) is 6.54 Å². The zero-order valence-corrected chi connectivity index (χ0v) is 11.9. The molecule has 3 rings (SSSR count). The molecule has 1 aliphatic rings. The summed E-state index contributed by atoms with van der Waals surface area (Å²) in [7, 11) is 0. The van der Waals surface area contributed by atoms with Crippen LogP contribution in [0.2, 0.25) is 0 Å². The molecular formula is C16H20N4O. The van der Waals surface area contributed by atoms with E-state index in [9.17, 15) is 4.79 Å². The van der Waals surface area contributed by atoms with Crippen LogP contribution in [0.3, 0.4) is 0 Å². The Hall–Kier alpha value is -2.14. The zero-order chi connectivity index (χ0) is 14.7. The highest BCUT2D eigenvalue weighted by atomic mass is 16.1. The molecule has 0 aliphatic carbocycles. The highest BCUT2D eigenvalue weighted by Gasteiger charge is 2.34. The topological polar surface area (TPSA) is 64.2 Å². The summed E-state index contributed by atoms with van der Waals surface area (Å²) in [6.07, 6.45) is 5.89. The second kappa shape index (κ2) is 6.10. The molecule has 1 saturated heterocycles. The van der Waals surface area contributed by atoms with Crippen LogP contribution < -0.4 is 5.73 Å². The largest absolute Gasteiger partial charge is 0.368 e. The summed E-state index contributed by atoms with van der Waals surface area (Å²) in [4.78, 5) is 14.2. The monoisotopic (exact) mass is 284 g/mol. The van der Waals surface area contributed by atoms with Crippen molar-refractivity contribution in [2.75, 3.05) is 6.54 Å². The van der Waals surface area contributed by atoms with E-state index in [1.165, 1.54) is 0 Å². The molecule has 1 aliphatic heterocycles. The third-order valence-corrected chi connectivity index (χ3v) is 4.10. The van der Waals surface area contributed by atoms with E-state index >= 15 is 0 Å². The lowest BCUT2D eigenvalue weighted by atomic mass is 10.0. The van der Waals surface area contributed by atoms with Gasteiger partial charge < -0.3 is 5.73 Å². The van der Waals surface area contributed by atoms with Crippen LogP contribution in [-0.2, 0) is 11.3 Å². The van der Waals surface area contributed by atoms with Crippen LogP contribution in [0, 0.1) is 0 Å². The van der Waals surface area contributed by atoms with Crippen LogP contribution in [-0.4, -0.2) is 33.2 Å². The van der Waals surface area contributed by atoms with Gasteiger partial charge in [-0.05, 0) is 31.0 Å². The normalized spacial score (nSPS) is 20.5. The molecule has 21 heavy (non-hydrogen) atoms. The predicted molar refractivity (Wildman–Crippen MR) is 80.3 cm³/mol. The lowest BCUT2D eigenvalue weighted by molar-refractivity contribution is -0.124. The van der Waals surface area contributed by atoms with Crippen molar-refractivity contribution in [3.8, 4) is 0 Å². The molecule has 2 aromatic rings. The van der Waals surface area contributed by atoms with Gasteiger partial charge in [0.25, 0.3) is 0 Å². The summed E-state index contributed by atoms with van der Waals surface area (Å²) in [5.41, 5.74) is 6.65. The Labute approximate surface area is 124 Å². The third kappa shape index (κ3) is 2.97. The van der Waals surface area contributed by atoms with Crippen LogP contribution in [0.15, 0.2) is 48.8 Å². The highest BCUT2D eigenvalue weighted by molar-refractivity contribution is 5.81. The fourth-order valence-corrected chi connectivity index (χ4v) is 3.17. The van der Waals surface area contributed by atoms with Crippen molar-refractivity contribution in [3.05, 3.63) is 54.4 Å². The van der Waals surface area contributed by atoms with Gasteiger partial charge in [0, 0.05) is 18.4 Å². The Kier molecular flexibility index (Phi) is 4.01. The van der Waals surface area contributed by atoms with Gasteiger partial charge in [0.2, 0.25) is 5.91 Å². The smallest absolute Gasteiger partial charge is 0.239 e. The molecule has 0 spiro atoms. The average molecular weight is 284 g/mol. The summed E-state index contributed by atoms with van der Waals surface area (Å²) in [5, 5.41) is 4.26. The van der Waals surface area contributed by atoms with Gasteiger partial charge >= 0.3 is 0 Å². The predicted octanol–water partition coefficient (Wildman–Crippen LogP) is 1.57. The number of carbonyl (C=O) groups is 1. The minimum Gasteiger partial charge on any atom is -0.368 e. The molecule has 0 unspecified atom stereocenters. The molecule has 0 bridgehead atoms. The molecule has 110 valence electrons.